The fourth-order valence-electron chi connectivity index (χ4n) is 2.20. The van der Waals surface area contributed by atoms with Crippen LogP contribution in [0.1, 0.15) is 16.0 Å². The van der Waals surface area contributed by atoms with E-state index in [1.165, 1.54) is 34.4 Å². The fraction of sp³-hybridized carbons (Fsp3) is 0.133. The minimum Gasteiger partial charge on any atom is -0.217 e. The third kappa shape index (κ3) is 2.42. The van der Waals surface area contributed by atoms with Crippen LogP contribution >= 0.6 is 34.0 Å². The molecule has 0 unspecified atom stereocenters. The summed E-state index contributed by atoms with van der Waals surface area (Å²) in [6, 6.07) is 5.04. The van der Waals surface area contributed by atoms with E-state index in [2.05, 4.69) is 5.38 Å². The number of aryl methyl sites for hydroxylation is 2. The van der Waals surface area contributed by atoms with Crippen molar-refractivity contribution in [1.29, 1.82) is 5.26 Å². The molecule has 3 aromatic heterocycles. The molecule has 0 saturated heterocycles. The van der Waals surface area contributed by atoms with Crippen molar-refractivity contribution in [2.45, 2.75) is 18.1 Å². The van der Waals surface area contributed by atoms with Gasteiger partial charge in [-0.2, -0.15) is 5.26 Å². The fourth-order valence-corrected chi connectivity index (χ4v) is 7.02. The monoisotopic (exact) mass is 365 g/mol. The van der Waals surface area contributed by atoms with E-state index in [9.17, 15) is 13.7 Å². The lowest BCUT2D eigenvalue weighted by atomic mass is 10.1. The molecule has 3 heterocycles. The number of hydrogen-bond acceptors (Lipinski definition) is 6. The highest BCUT2D eigenvalue weighted by atomic mass is 32.2. The van der Waals surface area contributed by atoms with E-state index in [1.54, 1.807) is 22.8 Å². The molecular weight excluding hydrogens is 354 g/mol. The molecule has 0 saturated carbocycles. The van der Waals surface area contributed by atoms with Gasteiger partial charge in [-0.1, -0.05) is 6.07 Å². The van der Waals surface area contributed by atoms with Gasteiger partial charge in [0.05, 0.1) is 4.01 Å². The van der Waals surface area contributed by atoms with Crippen LogP contribution < -0.4 is 0 Å². The van der Waals surface area contributed by atoms with E-state index in [-0.39, 0.29) is 9.11 Å². The van der Waals surface area contributed by atoms with Crippen molar-refractivity contribution >= 4 is 59.3 Å². The molecule has 0 aliphatic rings. The quantitative estimate of drug-likeness (QED) is 0.615. The van der Waals surface area contributed by atoms with Crippen molar-refractivity contribution < 1.29 is 8.42 Å². The van der Waals surface area contributed by atoms with Crippen LogP contribution in [-0.4, -0.2) is 8.42 Å². The summed E-state index contributed by atoms with van der Waals surface area (Å²) in [6.45, 7) is 4.01. The van der Waals surface area contributed by atoms with Crippen molar-refractivity contribution in [2.24, 2.45) is 0 Å². The van der Waals surface area contributed by atoms with Crippen molar-refractivity contribution in [3.05, 3.63) is 43.8 Å². The summed E-state index contributed by atoms with van der Waals surface area (Å²) in [5.74, 6) is 0. The van der Waals surface area contributed by atoms with Gasteiger partial charge >= 0.3 is 0 Å². The first kappa shape index (κ1) is 15.4. The van der Waals surface area contributed by atoms with Crippen LogP contribution in [0.3, 0.4) is 0 Å². The lowest BCUT2D eigenvalue weighted by molar-refractivity contribution is 0.605. The normalized spacial score (nSPS) is 12.7. The highest BCUT2D eigenvalue weighted by molar-refractivity contribution is 7.97. The Labute approximate surface area is 140 Å². The van der Waals surface area contributed by atoms with Gasteiger partial charge in [-0.15, -0.1) is 34.0 Å². The maximum absolute atomic E-state index is 12.5. The van der Waals surface area contributed by atoms with Gasteiger partial charge in [0, 0.05) is 10.3 Å². The second-order valence-corrected chi connectivity index (χ2v) is 10.0. The largest absolute Gasteiger partial charge is 0.226 e. The van der Waals surface area contributed by atoms with Crippen LogP contribution in [-0.2, 0) is 9.84 Å². The molecule has 22 heavy (non-hydrogen) atoms. The summed E-state index contributed by atoms with van der Waals surface area (Å²) in [7, 11) is -3.72. The van der Waals surface area contributed by atoms with Crippen molar-refractivity contribution in [3.63, 3.8) is 0 Å². The molecule has 7 heteroatoms. The predicted molar refractivity (Wildman–Crippen MR) is 94.3 cm³/mol. The van der Waals surface area contributed by atoms with Gasteiger partial charge in [-0.05, 0) is 47.9 Å². The SMILES string of the molecule is Cc1csc2sc(/C=C(/C#N)S(=O)(=O)c3cccs3)c(C)c12. The number of hydrogen-bond donors (Lipinski definition) is 0. The summed E-state index contributed by atoms with van der Waals surface area (Å²) in [5.41, 5.74) is 2.22. The highest BCUT2D eigenvalue weighted by Crippen LogP contribution is 2.39. The Kier molecular flexibility index (Phi) is 3.95. The van der Waals surface area contributed by atoms with Crippen LogP contribution in [0.4, 0.5) is 0 Å². The van der Waals surface area contributed by atoms with Crippen LogP contribution in [0, 0.1) is 25.2 Å². The Balaban J connectivity index is 2.16. The molecule has 0 N–H and O–H groups in total. The van der Waals surface area contributed by atoms with Gasteiger partial charge in [0.15, 0.2) is 4.91 Å². The smallest absolute Gasteiger partial charge is 0.217 e. The summed E-state index contributed by atoms with van der Waals surface area (Å²) in [4.78, 5) is 0.631. The minimum atomic E-state index is -3.72. The van der Waals surface area contributed by atoms with Crippen LogP contribution in [0.5, 0.6) is 0 Å². The third-order valence-corrected chi connectivity index (χ3v) is 8.83. The third-order valence-electron chi connectivity index (χ3n) is 3.31. The number of sulfone groups is 1. The standard InChI is InChI=1S/C15H11NO2S4/c1-9-8-20-15-14(9)10(2)12(21-15)6-11(7-16)22(17,18)13-4-3-5-19-13/h3-6,8H,1-2H3/b11-6-. The zero-order valence-corrected chi connectivity index (χ0v) is 15.0. The van der Waals surface area contributed by atoms with Crippen molar-refractivity contribution in [1.82, 2.24) is 0 Å². The van der Waals surface area contributed by atoms with Gasteiger partial charge < -0.3 is 0 Å². The Morgan fingerprint density at radius 1 is 1.32 bits per heavy atom. The molecule has 0 atom stereocenters. The number of thiophene rings is 3. The lowest BCUT2D eigenvalue weighted by Gasteiger charge is -1.99. The maximum Gasteiger partial charge on any atom is 0.226 e. The molecule has 112 valence electrons. The van der Waals surface area contributed by atoms with Gasteiger partial charge in [-0.3, -0.25) is 0 Å². The summed E-state index contributed by atoms with van der Waals surface area (Å²) < 4.78 is 26.3. The van der Waals surface area contributed by atoms with E-state index < -0.39 is 9.84 Å². The molecule has 3 rings (SSSR count). The molecular formula is C15H11NO2S4. The number of nitriles is 1. The van der Waals surface area contributed by atoms with Gasteiger partial charge in [0.25, 0.3) is 0 Å². The second kappa shape index (κ2) is 5.63. The molecule has 0 radical (unpaired) electrons. The Morgan fingerprint density at radius 2 is 2.09 bits per heavy atom. The van der Waals surface area contributed by atoms with Gasteiger partial charge in [0.2, 0.25) is 9.84 Å². The number of fused-ring (bicyclic) bond motifs is 1. The molecule has 0 aliphatic heterocycles. The van der Waals surface area contributed by atoms with E-state index in [4.69, 9.17) is 0 Å². The van der Waals surface area contributed by atoms with Gasteiger partial charge in [0.1, 0.15) is 10.3 Å². The Bertz CT molecular complexity index is 1010. The molecule has 3 aromatic rings. The zero-order valence-electron chi connectivity index (χ0n) is 11.8. The molecule has 0 spiro atoms. The molecule has 3 nitrogen and oxygen atoms in total. The van der Waals surface area contributed by atoms with E-state index in [0.717, 1.165) is 25.8 Å². The zero-order chi connectivity index (χ0) is 15.9. The first-order chi connectivity index (χ1) is 10.4. The number of nitrogens with zero attached hydrogens (tertiary/aromatic N) is 1. The predicted octanol–water partition coefficient (Wildman–Crippen LogP) is 4.98. The Hall–Kier alpha value is -1.46. The average molecular weight is 366 g/mol. The summed E-state index contributed by atoms with van der Waals surface area (Å²) in [6.07, 6.45) is 1.50. The first-order valence-electron chi connectivity index (χ1n) is 6.32. The van der Waals surface area contributed by atoms with Gasteiger partial charge in [-0.25, -0.2) is 8.42 Å². The first-order valence-corrected chi connectivity index (χ1v) is 10.4. The molecule has 0 aliphatic carbocycles. The Morgan fingerprint density at radius 3 is 2.68 bits per heavy atom. The second-order valence-electron chi connectivity index (χ2n) is 4.73. The van der Waals surface area contributed by atoms with E-state index >= 15 is 0 Å². The van der Waals surface area contributed by atoms with Crippen molar-refractivity contribution in [3.8, 4) is 6.07 Å². The topological polar surface area (TPSA) is 57.9 Å². The maximum atomic E-state index is 12.5. The van der Waals surface area contributed by atoms with E-state index in [1.807, 2.05) is 19.9 Å². The van der Waals surface area contributed by atoms with Crippen LogP contribution in [0.25, 0.3) is 15.5 Å². The molecule has 0 bridgehead atoms. The summed E-state index contributed by atoms with van der Waals surface area (Å²) >= 11 is 4.30. The van der Waals surface area contributed by atoms with Crippen LogP contribution in [0.15, 0.2) is 32.0 Å². The number of rotatable bonds is 3. The minimum absolute atomic E-state index is 0.201. The molecule has 0 fully saturated rings. The van der Waals surface area contributed by atoms with E-state index in [0.29, 0.717) is 0 Å². The van der Waals surface area contributed by atoms with Crippen molar-refractivity contribution in [2.75, 3.05) is 0 Å². The highest BCUT2D eigenvalue weighted by Gasteiger charge is 2.23. The molecule has 0 aromatic carbocycles. The summed E-state index contributed by atoms with van der Waals surface area (Å²) in [5, 5.41) is 14.3. The van der Waals surface area contributed by atoms with Crippen LogP contribution in [0.2, 0.25) is 0 Å². The lowest BCUT2D eigenvalue weighted by Crippen LogP contribution is -2.01. The molecule has 0 amide bonds. The number of allylic oxidation sites excluding steroid dienone is 1. The average Bonchev–Trinajstić information content (AvgIpc) is 3.17.